The molecule has 0 fully saturated rings. The first kappa shape index (κ1) is 20.4. The van der Waals surface area contributed by atoms with Gasteiger partial charge in [0.2, 0.25) is 0 Å². The average Bonchev–Trinajstić information content (AvgIpc) is 3.48. The summed E-state index contributed by atoms with van der Waals surface area (Å²) in [5.41, 5.74) is 2.92. The van der Waals surface area contributed by atoms with E-state index in [1.165, 1.54) is 0 Å². The molecule has 0 aliphatic carbocycles. The third-order valence-electron chi connectivity index (χ3n) is 5.76. The largest absolute Gasteiger partial charge is 0.344 e. The Hall–Kier alpha value is -3.52. The van der Waals surface area contributed by atoms with Crippen LogP contribution in [0.15, 0.2) is 60.1 Å². The quantitative estimate of drug-likeness (QED) is 0.486. The Morgan fingerprint density at radius 3 is 2.84 bits per heavy atom. The van der Waals surface area contributed by atoms with Crippen LogP contribution < -0.4 is 5.32 Å². The van der Waals surface area contributed by atoms with E-state index in [0.29, 0.717) is 36.5 Å². The van der Waals surface area contributed by atoms with Gasteiger partial charge in [0.25, 0.3) is 11.8 Å². The monoisotopic (exact) mass is 445 g/mol. The summed E-state index contributed by atoms with van der Waals surface area (Å²) in [7, 11) is 0. The minimum Gasteiger partial charge on any atom is -0.344 e. The molecule has 0 unspecified atom stereocenters. The summed E-state index contributed by atoms with van der Waals surface area (Å²) in [5, 5.41) is 5.12. The molecule has 2 amide bonds. The minimum absolute atomic E-state index is 0.0184. The van der Waals surface area contributed by atoms with E-state index in [1.54, 1.807) is 34.6 Å². The van der Waals surface area contributed by atoms with Gasteiger partial charge in [-0.25, -0.2) is 4.98 Å². The van der Waals surface area contributed by atoms with Crippen molar-refractivity contribution in [2.45, 2.75) is 32.5 Å². The number of amides is 2. The van der Waals surface area contributed by atoms with E-state index >= 15 is 0 Å². The smallest absolute Gasteiger partial charge is 0.290 e. The highest BCUT2D eigenvalue weighted by Crippen LogP contribution is 2.25. The second-order valence-corrected chi connectivity index (χ2v) is 8.77. The fourth-order valence-electron chi connectivity index (χ4n) is 4.07. The van der Waals surface area contributed by atoms with E-state index in [2.05, 4.69) is 22.2 Å². The van der Waals surface area contributed by atoms with Crippen molar-refractivity contribution in [2.75, 3.05) is 6.54 Å². The Morgan fingerprint density at radius 1 is 1.19 bits per heavy atom. The molecule has 1 aliphatic heterocycles. The summed E-state index contributed by atoms with van der Waals surface area (Å²) >= 11 is 1.64. The molecule has 1 aliphatic rings. The maximum absolute atomic E-state index is 13.1. The number of imidazole rings is 1. The summed E-state index contributed by atoms with van der Waals surface area (Å²) in [6.07, 6.45) is 2.54. The van der Waals surface area contributed by atoms with E-state index in [-0.39, 0.29) is 17.9 Å². The van der Waals surface area contributed by atoms with Crippen molar-refractivity contribution in [2.24, 2.45) is 0 Å². The number of carbonyl (C=O) groups is 2. The number of thiophene rings is 1. The van der Waals surface area contributed by atoms with Crippen molar-refractivity contribution in [1.29, 1.82) is 0 Å². The topological polar surface area (TPSA) is 80.1 Å². The van der Waals surface area contributed by atoms with Gasteiger partial charge in [0.1, 0.15) is 0 Å². The van der Waals surface area contributed by atoms with Crippen LogP contribution in [-0.4, -0.2) is 37.8 Å². The van der Waals surface area contributed by atoms with Gasteiger partial charge >= 0.3 is 0 Å². The predicted octanol–water partition coefficient (Wildman–Crippen LogP) is 4.03. The van der Waals surface area contributed by atoms with Crippen LogP contribution in [0.5, 0.6) is 0 Å². The molecule has 0 bridgehead atoms. The molecule has 1 atom stereocenters. The van der Waals surface area contributed by atoms with Gasteiger partial charge in [-0.1, -0.05) is 19.1 Å². The number of hydrogen-bond acceptors (Lipinski definition) is 5. The van der Waals surface area contributed by atoms with Gasteiger partial charge in [0.15, 0.2) is 5.82 Å². The lowest BCUT2D eigenvalue weighted by Crippen LogP contribution is -2.40. The molecule has 1 N–H and O–H groups in total. The normalized spacial score (nSPS) is 14.4. The lowest BCUT2D eigenvalue weighted by Gasteiger charge is -2.27. The standard InChI is InChI=1S/C24H23N5O2S/c1-2-18(21-7-5-13-32-21)27-23(30)16-8-9-20-19(14-16)26-22-24(31)28(11-12-29(20)22)15-17-6-3-4-10-25-17/h3-10,13-14,18H,2,11-12,15H2,1H3,(H,27,30)/t18-/m0/s1. The van der Waals surface area contributed by atoms with Crippen LogP contribution >= 0.6 is 11.3 Å². The van der Waals surface area contributed by atoms with Crippen LogP contribution in [0.4, 0.5) is 0 Å². The van der Waals surface area contributed by atoms with E-state index < -0.39 is 0 Å². The van der Waals surface area contributed by atoms with Crippen molar-refractivity contribution < 1.29 is 9.59 Å². The Morgan fingerprint density at radius 2 is 2.09 bits per heavy atom. The summed E-state index contributed by atoms with van der Waals surface area (Å²) in [6, 6.07) is 15.2. The highest BCUT2D eigenvalue weighted by atomic mass is 32.1. The third kappa shape index (κ3) is 3.78. The summed E-state index contributed by atoms with van der Waals surface area (Å²) < 4.78 is 1.94. The summed E-state index contributed by atoms with van der Waals surface area (Å²) in [4.78, 5) is 37.8. The molecule has 3 aromatic heterocycles. The van der Waals surface area contributed by atoms with Gasteiger partial charge in [-0.15, -0.1) is 11.3 Å². The molecule has 0 spiro atoms. The molecule has 4 heterocycles. The predicted molar refractivity (Wildman–Crippen MR) is 124 cm³/mol. The van der Waals surface area contributed by atoms with Crippen molar-refractivity contribution >= 4 is 34.2 Å². The Balaban J connectivity index is 1.38. The summed E-state index contributed by atoms with van der Waals surface area (Å²) in [6.45, 7) is 3.76. The number of nitrogens with zero attached hydrogens (tertiary/aromatic N) is 4. The van der Waals surface area contributed by atoms with Crippen LogP contribution in [-0.2, 0) is 13.1 Å². The van der Waals surface area contributed by atoms with Crippen LogP contribution in [0.3, 0.4) is 0 Å². The number of aromatic nitrogens is 3. The Kier molecular flexibility index (Phi) is 5.45. The van der Waals surface area contributed by atoms with Crippen molar-refractivity contribution in [3.8, 4) is 0 Å². The maximum atomic E-state index is 13.1. The van der Waals surface area contributed by atoms with Gasteiger partial charge in [-0.05, 0) is 48.2 Å². The van der Waals surface area contributed by atoms with Crippen LogP contribution in [0.25, 0.3) is 11.0 Å². The molecular formula is C24H23N5O2S. The molecular weight excluding hydrogens is 422 g/mol. The molecule has 162 valence electrons. The first-order valence-electron chi connectivity index (χ1n) is 10.7. The zero-order valence-electron chi connectivity index (χ0n) is 17.7. The van der Waals surface area contributed by atoms with Crippen molar-refractivity contribution in [3.63, 3.8) is 0 Å². The molecule has 4 aromatic rings. The summed E-state index contributed by atoms with van der Waals surface area (Å²) in [5.74, 6) is 0.152. The highest BCUT2D eigenvalue weighted by Gasteiger charge is 2.28. The van der Waals surface area contributed by atoms with Crippen molar-refractivity contribution in [3.05, 3.63) is 82.1 Å². The first-order valence-corrected chi connectivity index (χ1v) is 11.6. The number of nitrogens with one attached hydrogen (secondary N) is 1. The molecule has 7 nitrogen and oxygen atoms in total. The van der Waals surface area contributed by atoms with E-state index in [9.17, 15) is 9.59 Å². The lowest BCUT2D eigenvalue weighted by molar-refractivity contribution is 0.0682. The number of benzene rings is 1. The molecule has 1 aromatic carbocycles. The van der Waals surface area contributed by atoms with Gasteiger partial charge in [0, 0.05) is 29.7 Å². The Bertz CT molecular complexity index is 1270. The fourth-order valence-corrected chi connectivity index (χ4v) is 4.93. The third-order valence-corrected chi connectivity index (χ3v) is 6.75. The van der Waals surface area contributed by atoms with Crippen LogP contribution in [0, 0.1) is 0 Å². The average molecular weight is 446 g/mol. The Labute approximate surface area is 189 Å². The fraction of sp³-hybridized carbons (Fsp3) is 0.250. The zero-order valence-corrected chi connectivity index (χ0v) is 18.5. The lowest BCUT2D eigenvalue weighted by atomic mass is 10.1. The molecule has 0 saturated carbocycles. The SMILES string of the molecule is CC[C@H](NC(=O)c1ccc2c(c1)nc1n2CCN(Cc2ccccn2)C1=O)c1cccs1. The number of fused-ring (bicyclic) bond motifs is 3. The van der Waals surface area contributed by atoms with Gasteiger partial charge in [-0.2, -0.15) is 0 Å². The minimum atomic E-state index is -0.138. The second-order valence-electron chi connectivity index (χ2n) is 7.79. The molecule has 8 heteroatoms. The first-order chi connectivity index (χ1) is 15.6. The van der Waals surface area contributed by atoms with Gasteiger partial charge in [0.05, 0.1) is 29.3 Å². The van der Waals surface area contributed by atoms with Gasteiger partial charge < -0.3 is 14.8 Å². The highest BCUT2D eigenvalue weighted by molar-refractivity contribution is 7.10. The van der Waals surface area contributed by atoms with E-state index in [4.69, 9.17) is 0 Å². The van der Waals surface area contributed by atoms with E-state index in [0.717, 1.165) is 22.5 Å². The number of carbonyl (C=O) groups excluding carboxylic acids is 2. The maximum Gasteiger partial charge on any atom is 0.290 e. The van der Waals surface area contributed by atoms with Crippen LogP contribution in [0.1, 0.15) is 50.9 Å². The van der Waals surface area contributed by atoms with Crippen LogP contribution in [0.2, 0.25) is 0 Å². The van der Waals surface area contributed by atoms with Gasteiger partial charge in [-0.3, -0.25) is 14.6 Å². The second kappa shape index (κ2) is 8.55. The molecule has 5 rings (SSSR count). The zero-order chi connectivity index (χ0) is 22.1. The molecule has 32 heavy (non-hydrogen) atoms. The number of hydrogen-bond donors (Lipinski definition) is 1. The van der Waals surface area contributed by atoms with E-state index in [1.807, 2.05) is 46.3 Å². The molecule has 0 saturated heterocycles. The number of rotatable bonds is 6. The number of pyridine rings is 1. The molecule has 0 radical (unpaired) electrons. The van der Waals surface area contributed by atoms with Crippen molar-refractivity contribution in [1.82, 2.24) is 24.8 Å².